The van der Waals surface area contributed by atoms with E-state index < -0.39 is 6.04 Å². The van der Waals surface area contributed by atoms with Gasteiger partial charge in [-0.3, -0.25) is 20.2 Å². The Morgan fingerprint density at radius 1 is 1.33 bits per heavy atom. The molecule has 1 heterocycles. The second kappa shape index (κ2) is 5.31. The highest BCUT2D eigenvalue weighted by Crippen LogP contribution is 2.16. The summed E-state index contributed by atoms with van der Waals surface area (Å²) >= 11 is 0. The molecule has 1 saturated heterocycles. The van der Waals surface area contributed by atoms with Crippen molar-refractivity contribution in [2.24, 2.45) is 0 Å². The monoisotopic (exact) mass is 246 g/mol. The molecule has 18 heavy (non-hydrogen) atoms. The minimum Gasteiger partial charge on any atom is -0.299 e. The first-order valence-electron chi connectivity index (χ1n) is 6.28. The molecule has 1 fully saturated rings. The molecule has 2 amide bonds. The number of carbonyl (C=O) groups is 2. The first-order chi connectivity index (χ1) is 8.60. The molecule has 2 atom stereocenters. The summed E-state index contributed by atoms with van der Waals surface area (Å²) in [5, 5.41) is 5.48. The van der Waals surface area contributed by atoms with Crippen molar-refractivity contribution in [3.05, 3.63) is 35.4 Å². The molecule has 0 saturated carbocycles. The molecule has 0 radical (unpaired) electrons. The average molecular weight is 246 g/mol. The zero-order valence-corrected chi connectivity index (χ0v) is 10.7. The molecule has 1 aliphatic rings. The number of nitrogens with one attached hydrogen (secondary N) is 2. The molecule has 2 N–H and O–H groups in total. The summed E-state index contributed by atoms with van der Waals surface area (Å²) in [6.07, 6.45) is 1.25. The van der Waals surface area contributed by atoms with Crippen LogP contribution in [0, 0.1) is 0 Å². The fourth-order valence-electron chi connectivity index (χ4n) is 2.13. The van der Waals surface area contributed by atoms with E-state index >= 15 is 0 Å². The van der Waals surface area contributed by atoms with Crippen LogP contribution in [-0.4, -0.2) is 17.9 Å². The zero-order valence-electron chi connectivity index (χ0n) is 10.7. The zero-order chi connectivity index (χ0) is 13.1. The van der Waals surface area contributed by atoms with Crippen LogP contribution in [0.15, 0.2) is 24.3 Å². The molecule has 2 unspecified atom stereocenters. The van der Waals surface area contributed by atoms with E-state index in [0.717, 1.165) is 12.0 Å². The largest absolute Gasteiger partial charge is 0.299 e. The van der Waals surface area contributed by atoms with Gasteiger partial charge in [0.25, 0.3) is 0 Å². The molecule has 2 rings (SSSR count). The van der Waals surface area contributed by atoms with Crippen LogP contribution in [0.25, 0.3) is 0 Å². The number of aryl methyl sites for hydroxylation is 1. The van der Waals surface area contributed by atoms with Gasteiger partial charge in [-0.25, -0.2) is 0 Å². The third-order valence-corrected chi connectivity index (χ3v) is 3.31. The first kappa shape index (κ1) is 12.8. The van der Waals surface area contributed by atoms with Gasteiger partial charge in [0, 0.05) is 6.04 Å². The molecule has 4 heteroatoms. The highest BCUT2D eigenvalue weighted by atomic mass is 16.2. The van der Waals surface area contributed by atoms with Gasteiger partial charge in [-0.15, -0.1) is 0 Å². The molecule has 1 aliphatic heterocycles. The summed E-state index contributed by atoms with van der Waals surface area (Å²) in [4.78, 5) is 22.6. The molecule has 96 valence electrons. The van der Waals surface area contributed by atoms with Crippen LogP contribution in [0.5, 0.6) is 0 Å². The van der Waals surface area contributed by atoms with Crippen molar-refractivity contribution in [2.75, 3.05) is 0 Å². The smallest absolute Gasteiger partial charge is 0.244 e. The lowest BCUT2D eigenvalue weighted by Crippen LogP contribution is -2.37. The average Bonchev–Trinajstić information content (AvgIpc) is 2.68. The number of rotatable bonds is 4. The molecule has 0 aliphatic carbocycles. The number of benzene rings is 1. The van der Waals surface area contributed by atoms with Crippen LogP contribution >= 0.6 is 0 Å². The van der Waals surface area contributed by atoms with Crippen LogP contribution in [0.3, 0.4) is 0 Å². The topological polar surface area (TPSA) is 58.2 Å². The second-order valence-corrected chi connectivity index (χ2v) is 4.65. The lowest BCUT2D eigenvalue weighted by atomic mass is 10.0. The van der Waals surface area contributed by atoms with E-state index in [0.29, 0.717) is 0 Å². The quantitative estimate of drug-likeness (QED) is 0.788. The number of hydrogen-bond donors (Lipinski definition) is 2. The van der Waals surface area contributed by atoms with Crippen LogP contribution in [-0.2, 0) is 16.0 Å². The van der Waals surface area contributed by atoms with Crippen LogP contribution in [0.4, 0.5) is 0 Å². The van der Waals surface area contributed by atoms with Crippen molar-refractivity contribution in [2.45, 2.75) is 38.8 Å². The fraction of sp³-hybridized carbons (Fsp3) is 0.429. The molecule has 0 spiro atoms. The standard InChI is InChI=1S/C14H18N2O2/c1-3-10-4-6-11(7-5-10)9(2)15-12-8-13(17)16-14(12)18/h4-7,9,12,15H,3,8H2,1-2H3,(H,16,17,18). The van der Waals surface area contributed by atoms with E-state index in [9.17, 15) is 9.59 Å². The molecule has 4 nitrogen and oxygen atoms in total. The van der Waals surface area contributed by atoms with Gasteiger partial charge in [-0.05, 0) is 24.5 Å². The van der Waals surface area contributed by atoms with Crippen molar-refractivity contribution in [3.63, 3.8) is 0 Å². The Morgan fingerprint density at radius 3 is 2.50 bits per heavy atom. The van der Waals surface area contributed by atoms with E-state index in [2.05, 4.69) is 41.8 Å². The Hall–Kier alpha value is -1.68. The molecular formula is C14H18N2O2. The van der Waals surface area contributed by atoms with E-state index in [4.69, 9.17) is 0 Å². The Balaban J connectivity index is 2.00. The van der Waals surface area contributed by atoms with Gasteiger partial charge in [-0.1, -0.05) is 31.2 Å². The second-order valence-electron chi connectivity index (χ2n) is 4.65. The minimum atomic E-state index is -0.404. The van der Waals surface area contributed by atoms with Crippen LogP contribution in [0.2, 0.25) is 0 Å². The van der Waals surface area contributed by atoms with Crippen molar-refractivity contribution >= 4 is 11.8 Å². The molecule has 0 bridgehead atoms. The number of carbonyl (C=O) groups excluding carboxylic acids is 2. The number of imide groups is 1. The van der Waals surface area contributed by atoms with Crippen molar-refractivity contribution in [1.29, 1.82) is 0 Å². The number of hydrogen-bond acceptors (Lipinski definition) is 3. The Labute approximate surface area is 107 Å². The van der Waals surface area contributed by atoms with Gasteiger partial charge >= 0.3 is 0 Å². The molecule has 1 aromatic rings. The fourth-order valence-corrected chi connectivity index (χ4v) is 2.13. The van der Waals surface area contributed by atoms with Gasteiger partial charge in [0.15, 0.2) is 0 Å². The maximum atomic E-state index is 11.5. The molecular weight excluding hydrogens is 228 g/mol. The van der Waals surface area contributed by atoms with E-state index in [1.807, 2.05) is 6.92 Å². The minimum absolute atomic E-state index is 0.0533. The third kappa shape index (κ3) is 2.76. The van der Waals surface area contributed by atoms with E-state index in [-0.39, 0.29) is 24.3 Å². The van der Waals surface area contributed by atoms with Crippen LogP contribution in [0.1, 0.15) is 37.4 Å². The number of amides is 2. The lowest BCUT2D eigenvalue weighted by molar-refractivity contribution is -0.125. The SMILES string of the molecule is CCc1ccc(C(C)NC2CC(=O)NC2=O)cc1. The summed E-state index contributed by atoms with van der Waals surface area (Å²) in [7, 11) is 0. The maximum absolute atomic E-state index is 11.5. The van der Waals surface area contributed by atoms with Crippen molar-refractivity contribution in [1.82, 2.24) is 10.6 Å². The summed E-state index contributed by atoms with van der Waals surface area (Å²) in [5.74, 6) is -0.428. The van der Waals surface area contributed by atoms with Gasteiger partial charge in [0.2, 0.25) is 11.8 Å². The third-order valence-electron chi connectivity index (χ3n) is 3.31. The highest BCUT2D eigenvalue weighted by Gasteiger charge is 2.31. The predicted octanol–water partition coefficient (Wildman–Crippen LogP) is 1.31. The molecule has 1 aromatic carbocycles. The van der Waals surface area contributed by atoms with E-state index in [1.54, 1.807) is 0 Å². The van der Waals surface area contributed by atoms with Gasteiger partial charge in [-0.2, -0.15) is 0 Å². The first-order valence-corrected chi connectivity index (χ1v) is 6.28. The van der Waals surface area contributed by atoms with Crippen molar-refractivity contribution < 1.29 is 9.59 Å². The Morgan fingerprint density at radius 2 is 2.00 bits per heavy atom. The van der Waals surface area contributed by atoms with Gasteiger partial charge < -0.3 is 0 Å². The molecule has 0 aromatic heterocycles. The maximum Gasteiger partial charge on any atom is 0.244 e. The Bertz CT molecular complexity index is 453. The lowest BCUT2D eigenvalue weighted by Gasteiger charge is -2.17. The normalized spacial score (nSPS) is 20.9. The van der Waals surface area contributed by atoms with Crippen LogP contribution < -0.4 is 10.6 Å². The Kier molecular flexibility index (Phi) is 3.77. The van der Waals surface area contributed by atoms with Gasteiger partial charge in [0.1, 0.15) is 0 Å². The summed E-state index contributed by atoms with van der Waals surface area (Å²) in [6.45, 7) is 4.11. The van der Waals surface area contributed by atoms with Gasteiger partial charge in [0.05, 0.1) is 12.5 Å². The van der Waals surface area contributed by atoms with E-state index in [1.165, 1.54) is 5.56 Å². The summed E-state index contributed by atoms with van der Waals surface area (Å²) in [5.41, 5.74) is 2.42. The summed E-state index contributed by atoms with van der Waals surface area (Å²) in [6, 6.07) is 7.95. The highest BCUT2D eigenvalue weighted by molar-refractivity contribution is 6.05. The predicted molar refractivity (Wildman–Crippen MR) is 68.9 cm³/mol. The summed E-state index contributed by atoms with van der Waals surface area (Å²) < 4.78 is 0. The van der Waals surface area contributed by atoms with Crippen molar-refractivity contribution in [3.8, 4) is 0 Å².